The van der Waals surface area contributed by atoms with Crippen molar-refractivity contribution in [3.8, 4) is 0 Å². The molecule has 186 valence electrons. The van der Waals surface area contributed by atoms with E-state index in [9.17, 15) is 18.0 Å². The second-order valence-corrected chi connectivity index (χ2v) is 11.0. The monoisotopic (exact) mass is 527 g/mol. The zero-order chi connectivity index (χ0) is 25.6. The number of halogens is 2. The van der Waals surface area contributed by atoms with Crippen LogP contribution >= 0.6 is 23.2 Å². The van der Waals surface area contributed by atoms with Crippen molar-refractivity contribution in [1.29, 1.82) is 0 Å². The Morgan fingerprint density at radius 1 is 1.06 bits per heavy atom. The first-order chi connectivity index (χ1) is 15.9. The minimum atomic E-state index is -3.89. The van der Waals surface area contributed by atoms with Crippen LogP contribution in [-0.2, 0) is 26.2 Å². The molecule has 2 rings (SSSR count). The van der Waals surface area contributed by atoms with Gasteiger partial charge in [0.15, 0.2) is 0 Å². The number of hydrogen-bond donors (Lipinski definition) is 1. The van der Waals surface area contributed by atoms with Gasteiger partial charge < -0.3 is 10.2 Å². The molecular formula is C24H31Cl2N3O4S. The van der Waals surface area contributed by atoms with E-state index in [-0.39, 0.29) is 34.2 Å². The third kappa shape index (κ3) is 7.10. The lowest BCUT2D eigenvalue weighted by atomic mass is 10.1. The predicted octanol–water partition coefficient (Wildman–Crippen LogP) is 4.40. The van der Waals surface area contributed by atoms with E-state index in [2.05, 4.69) is 5.32 Å². The molecule has 7 nitrogen and oxygen atoms in total. The number of rotatable bonds is 10. The Morgan fingerprint density at radius 3 is 2.29 bits per heavy atom. The fourth-order valence-corrected chi connectivity index (χ4v) is 4.60. The Bertz CT molecular complexity index is 1140. The van der Waals surface area contributed by atoms with Gasteiger partial charge in [-0.15, -0.1) is 0 Å². The van der Waals surface area contributed by atoms with Crippen molar-refractivity contribution in [2.75, 3.05) is 17.1 Å². The average molecular weight is 529 g/mol. The summed E-state index contributed by atoms with van der Waals surface area (Å²) in [5.41, 5.74) is 1.90. The van der Waals surface area contributed by atoms with Gasteiger partial charge in [-0.25, -0.2) is 8.42 Å². The molecule has 0 aromatic heterocycles. The summed E-state index contributed by atoms with van der Waals surface area (Å²) in [4.78, 5) is 27.8. The van der Waals surface area contributed by atoms with E-state index in [0.717, 1.165) is 28.1 Å². The molecule has 0 heterocycles. The van der Waals surface area contributed by atoms with E-state index in [0.29, 0.717) is 0 Å². The highest BCUT2D eigenvalue weighted by Crippen LogP contribution is 2.33. The highest BCUT2D eigenvalue weighted by Gasteiger charge is 2.31. The van der Waals surface area contributed by atoms with Crippen molar-refractivity contribution in [3.05, 3.63) is 63.6 Å². The maximum Gasteiger partial charge on any atom is 0.244 e. The summed E-state index contributed by atoms with van der Waals surface area (Å²) in [7, 11) is -3.89. The molecule has 2 aromatic carbocycles. The number of nitrogens with zero attached hydrogens (tertiary/aromatic N) is 2. The molecular weight excluding hydrogens is 497 g/mol. The Hall–Kier alpha value is -2.29. The second-order valence-electron chi connectivity index (χ2n) is 8.28. The van der Waals surface area contributed by atoms with Crippen LogP contribution in [0.2, 0.25) is 10.0 Å². The normalized spacial score (nSPS) is 13.1. The third-order valence-electron chi connectivity index (χ3n) is 5.65. The maximum atomic E-state index is 13.6. The van der Waals surface area contributed by atoms with Crippen LogP contribution in [-0.4, -0.2) is 50.0 Å². The number of carbonyl (C=O) groups is 2. The summed E-state index contributed by atoms with van der Waals surface area (Å²) in [6.45, 7) is 6.98. The van der Waals surface area contributed by atoms with Gasteiger partial charge in [0.05, 0.1) is 22.0 Å². The molecule has 0 aliphatic carbocycles. The highest BCUT2D eigenvalue weighted by atomic mass is 35.5. The first kappa shape index (κ1) is 28.0. The van der Waals surface area contributed by atoms with Gasteiger partial charge >= 0.3 is 0 Å². The molecule has 0 aliphatic heterocycles. The topological polar surface area (TPSA) is 86.8 Å². The number of benzene rings is 2. The third-order valence-corrected chi connectivity index (χ3v) is 7.58. The molecule has 2 amide bonds. The summed E-state index contributed by atoms with van der Waals surface area (Å²) < 4.78 is 26.2. The molecule has 10 heteroatoms. The van der Waals surface area contributed by atoms with Gasteiger partial charge in [-0.05, 0) is 50.5 Å². The summed E-state index contributed by atoms with van der Waals surface area (Å²) in [6, 6.07) is 11.2. The van der Waals surface area contributed by atoms with Gasteiger partial charge in [0, 0.05) is 12.6 Å². The molecule has 1 N–H and O–H groups in total. The summed E-state index contributed by atoms with van der Waals surface area (Å²) >= 11 is 12.4. The predicted molar refractivity (Wildman–Crippen MR) is 138 cm³/mol. The zero-order valence-corrected chi connectivity index (χ0v) is 22.3. The first-order valence-corrected chi connectivity index (χ1v) is 13.5. The molecule has 2 aromatic rings. The molecule has 0 radical (unpaired) electrons. The van der Waals surface area contributed by atoms with Crippen LogP contribution in [0, 0.1) is 6.92 Å². The summed E-state index contributed by atoms with van der Waals surface area (Å²) in [5, 5.41) is 3.08. The van der Waals surface area contributed by atoms with Crippen LogP contribution in [0.3, 0.4) is 0 Å². The first-order valence-electron chi connectivity index (χ1n) is 10.9. The van der Waals surface area contributed by atoms with Crippen molar-refractivity contribution >= 4 is 50.7 Å². The molecule has 34 heavy (non-hydrogen) atoms. The Kier molecular flexibility index (Phi) is 9.79. The maximum absolute atomic E-state index is 13.6. The molecule has 2 unspecified atom stereocenters. The van der Waals surface area contributed by atoms with Crippen molar-refractivity contribution in [1.82, 2.24) is 10.2 Å². The van der Waals surface area contributed by atoms with Gasteiger partial charge in [0.1, 0.15) is 12.6 Å². The summed E-state index contributed by atoms with van der Waals surface area (Å²) in [5.74, 6) is -0.862. The quantitative estimate of drug-likeness (QED) is 0.495. The van der Waals surface area contributed by atoms with Gasteiger partial charge in [-0.2, -0.15) is 0 Å². The van der Waals surface area contributed by atoms with Crippen LogP contribution < -0.4 is 9.62 Å². The van der Waals surface area contributed by atoms with E-state index < -0.39 is 28.5 Å². The lowest BCUT2D eigenvalue weighted by Crippen LogP contribution is -2.52. The van der Waals surface area contributed by atoms with Gasteiger partial charge in [0.2, 0.25) is 21.8 Å². The smallest absolute Gasteiger partial charge is 0.244 e. The molecule has 0 saturated carbocycles. The SMILES string of the molecule is CCC(C)NC(=O)C(C)N(Cc1ccccc1C)C(=O)CN(c1cccc(Cl)c1Cl)S(C)(=O)=O. The van der Waals surface area contributed by atoms with Crippen LogP contribution in [0.15, 0.2) is 42.5 Å². The molecule has 0 aliphatic rings. The Labute approximate surface area is 212 Å². The second kappa shape index (κ2) is 11.9. The van der Waals surface area contributed by atoms with Crippen molar-refractivity contribution in [2.24, 2.45) is 0 Å². The largest absolute Gasteiger partial charge is 0.352 e. The zero-order valence-electron chi connectivity index (χ0n) is 20.0. The van der Waals surface area contributed by atoms with Crippen molar-refractivity contribution in [3.63, 3.8) is 0 Å². The fraction of sp³-hybridized carbons (Fsp3) is 0.417. The minimum absolute atomic E-state index is 0.0235. The van der Waals surface area contributed by atoms with Crippen LogP contribution in [0.25, 0.3) is 0 Å². The Balaban J connectivity index is 2.45. The number of anilines is 1. The molecule has 0 saturated heterocycles. The average Bonchev–Trinajstić information content (AvgIpc) is 2.77. The lowest BCUT2D eigenvalue weighted by molar-refractivity contribution is -0.139. The minimum Gasteiger partial charge on any atom is -0.352 e. The number of hydrogen-bond acceptors (Lipinski definition) is 4. The van der Waals surface area contributed by atoms with E-state index in [1.165, 1.54) is 17.0 Å². The number of amides is 2. The molecule has 0 bridgehead atoms. The number of aryl methyl sites for hydroxylation is 1. The van der Waals surface area contributed by atoms with Gasteiger partial charge in [-0.3, -0.25) is 13.9 Å². The molecule has 0 spiro atoms. The van der Waals surface area contributed by atoms with E-state index in [4.69, 9.17) is 23.2 Å². The van der Waals surface area contributed by atoms with Crippen LogP contribution in [0.4, 0.5) is 5.69 Å². The van der Waals surface area contributed by atoms with E-state index in [1.807, 2.05) is 45.0 Å². The highest BCUT2D eigenvalue weighted by molar-refractivity contribution is 7.92. The lowest BCUT2D eigenvalue weighted by Gasteiger charge is -2.32. The van der Waals surface area contributed by atoms with Crippen LogP contribution in [0.1, 0.15) is 38.3 Å². The molecule has 0 fully saturated rings. The van der Waals surface area contributed by atoms with E-state index >= 15 is 0 Å². The fourth-order valence-electron chi connectivity index (χ4n) is 3.30. The van der Waals surface area contributed by atoms with Crippen LogP contribution in [0.5, 0.6) is 0 Å². The number of sulfonamides is 1. The van der Waals surface area contributed by atoms with E-state index in [1.54, 1.807) is 13.0 Å². The number of nitrogens with one attached hydrogen (secondary N) is 1. The molecule has 2 atom stereocenters. The van der Waals surface area contributed by atoms with Crippen molar-refractivity contribution < 1.29 is 18.0 Å². The standard InChI is InChI=1S/C24H31Cl2N3O4S/c1-6-17(3)27-24(31)18(4)28(14-19-11-8-7-10-16(19)2)22(30)15-29(34(5,32)33)21-13-9-12-20(25)23(21)26/h7-13,17-18H,6,14-15H2,1-5H3,(H,27,31). The summed E-state index contributed by atoms with van der Waals surface area (Å²) in [6.07, 6.45) is 1.72. The van der Waals surface area contributed by atoms with Gasteiger partial charge in [0.25, 0.3) is 0 Å². The van der Waals surface area contributed by atoms with Crippen molar-refractivity contribution in [2.45, 2.75) is 52.7 Å². The van der Waals surface area contributed by atoms with Gasteiger partial charge in [-0.1, -0.05) is 60.5 Å². The number of carbonyl (C=O) groups excluding carboxylic acids is 2. The Morgan fingerprint density at radius 2 is 1.71 bits per heavy atom.